The average molecular weight is 267 g/mol. The maximum Gasteiger partial charge on any atom is 0.427 e. The Morgan fingerprint density at radius 1 is 1.00 bits per heavy atom. The molecule has 5 nitrogen and oxygen atoms in total. The van der Waals surface area contributed by atoms with Crippen molar-refractivity contribution in [2.24, 2.45) is 0 Å². The van der Waals surface area contributed by atoms with Gasteiger partial charge in [0, 0.05) is 11.6 Å². The van der Waals surface area contributed by atoms with Gasteiger partial charge in [0.1, 0.15) is 0 Å². The lowest BCUT2D eigenvalue weighted by molar-refractivity contribution is -0.670. The van der Waals surface area contributed by atoms with Gasteiger partial charge in [-0.1, -0.05) is 42.5 Å². The third-order valence-corrected chi connectivity index (χ3v) is 2.92. The second kappa shape index (κ2) is 4.97. The van der Waals surface area contributed by atoms with E-state index in [0.717, 1.165) is 0 Å². The molecule has 20 heavy (non-hydrogen) atoms. The maximum atomic E-state index is 12.5. The minimum Gasteiger partial charge on any atom is -0.288 e. The van der Waals surface area contributed by atoms with Crippen molar-refractivity contribution in [2.75, 3.05) is 0 Å². The molecule has 0 saturated heterocycles. The van der Waals surface area contributed by atoms with E-state index in [1.54, 1.807) is 36.4 Å². The highest BCUT2D eigenvalue weighted by Crippen LogP contribution is 2.14. The Hall–Kier alpha value is -2.95. The zero-order valence-electron chi connectivity index (χ0n) is 10.4. The molecule has 0 unspecified atom stereocenters. The summed E-state index contributed by atoms with van der Waals surface area (Å²) in [6.07, 6.45) is 1.25. The van der Waals surface area contributed by atoms with Crippen LogP contribution in [-0.2, 0) is 0 Å². The van der Waals surface area contributed by atoms with E-state index in [4.69, 9.17) is 0 Å². The Labute approximate surface area is 114 Å². The van der Waals surface area contributed by atoms with Crippen molar-refractivity contribution in [2.45, 2.75) is 0 Å². The van der Waals surface area contributed by atoms with Crippen LogP contribution in [0.5, 0.6) is 0 Å². The fourth-order valence-electron chi connectivity index (χ4n) is 1.99. The zero-order valence-corrected chi connectivity index (χ0v) is 10.4. The molecular formula is C15H11N2O3+. The molecule has 3 aromatic rings. The van der Waals surface area contributed by atoms with Gasteiger partial charge >= 0.3 is 5.63 Å². The van der Waals surface area contributed by atoms with Crippen molar-refractivity contribution >= 4 is 5.78 Å². The highest BCUT2D eigenvalue weighted by Gasteiger charge is 2.21. The number of benzene rings is 2. The number of nitrogens with zero attached hydrogens (tertiary/aromatic N) is 1. The summed E-state index contributed by atoms with van der Waals surface area (Å²) in [7, 11) is 0. The highest BCUT2D eigenvalue weighted by molar-refractivity contribution is 6.10. The van der Waals surface area contributed by atoms with E-state index in [9.17, 15) is 9.59 Å². The van der Waals surface area contributed by atoms with Crippen LogP contribution >= 0.6 is 0 Å². The van der Waals surface area contributed by atoms with Gasteiger partial charge in [-0.2, -0.15) is 0 Å². The number of ketones is 1. The third kappa shape index (κ3) is 2.16. The Morgan fingerprint density at radius 2 is 1.70 bits per heavy atom. The summed E-state index contributed by atoms with van der Waals surface area (Å²) < 4.78 is 6.02. The summed E-state index contributed by atoms with van der Waals surface area (Å²) in [6.45, 7) is 0. The number of rotatable bonds is 3. The van der Waals surface area contributed by atoms with Crippen LogP contribution in [0.25, 0.3) is 5.69 Å². The van der Waals surface area contributed by atoms with Crippen molar-refractivity contribution in [1.29, 1.82) is 0 Å². The Morgan fingerprint density at radius 3 is 2.40 bits per heavy atom. The van der Waals surface area contributed by atoms with E-state index >= 15 is 0 Å². The molecule has 0 fully saturated rings. The summed E-state index contributed by atoms with van der Waals surface area (Å²) >= 11 is 0. The maximum absolute atomic E-state index is 12.5. The van der Waals surface area contributed by atoms with Gasteiger partial charge in [-0.05, 0) is 16.0 Å². The number of aromatic amines is 1. The number of carbonyl (C=O) groups is 1. The monoisotopic (exact) mass is 267 g/mol. The lowest BCUT2D eigenvalue weighted by Crippen LogP contribution is -2.34. The molecule has 1 N–H and O–H groups in total. The SMILES string of the molecule is O=C(c1ccccc1)c1ccccc1-[n+]1cc(=O)o[nH]1. The minimum absolute atomic E-state index is 0.115. The number of H-pyrrole nitrogens is 1. The van der Waals surface area contributed by atoms with E-state index in [1.165, 1.54) is 10.9 Å². The fourth-order valence-corrected chi connectivity index (χ4v) is 1.99. The molecule has 0 saturated carbocycles. The second-order valence-corrected chi connectivity index (χ2v) is 4.22. The van der Waals surface area contributed by atoms with Gasteiger partial charge in [0.2, 0.25) is 5.69 Å². The fraction of sp³-hybridized carbons (Fsp3) is 0. The molecule has 1 aromatic heterocycles. The van der Waals surface area contributed by atoms with Crippen molar-refractivity contribution in [3.8, 4) is 5.69 Å². The van der Waals surface area contributed by atoms with Crippen LogP contribution in [0.15, 0.2) is 70.1 Å². The van der Waals surface area contributed by atoms with Crippen LogP contribution in [0.1, 0.15) is 15.9 Å². The summed E-state index contributed by atoms with van der Waals surface area (Å²) in [4.78, 5) is 23.6. The average Bonchev–Trinajstić information content (AvgIpc) is 2.94. The number of aromatic nitrogens is 2. The van der Waals surface area contributed by atoms with E-state index in [2.05, 4.69) is 9.79 Å². The predicted molar refractivity (Wildman–Crippen MR) is 70.7 cm³/mol. The molecule has 0 atom stereocenters. The summed E-state index contributed by atoms with van der Waals surface area (Å²) in [5.74, 6) is -0.115. The van der Waals surface area contributed by atoms with Gasteiger partial charge in [-0.3, -0.25) is 9.32 Å². The number of hydrogen-bond acceptors (Lipinski definition) is 3. The first-order chi connectivity index (χ1) is 9.75. The molecule has 3 rings (SSSR count). The molecule has 0 aliphatic heterocycles. The molecule has 0 spiro atoms. The predicted octanol–water partition coefficient (Wildman–Crippen LogP) is 1.48. The first kappa shape index (κ1) is 12.1. The quantitative estimate of drug-likeness (QED) is 0.577. The van der Waals surface area contributed by atoms with Crippen molar-refractivity contribution < 1.29 is 14.0 Å². The van der Waals surface area contributed by atoms with Gasteiger partial charge in [-0.15, -0.1) is 0 Å². The van der Waals surface area contributed by atoms with Gasteiger partial charge < -0.3 is 0 Å². The lowest BCUT2D eigenvalue weighted by Gasteiger charge is -2.01. The Bertz CT molecular complexity index is 803. The smallest absolute Gasteiger partial charge is 0.288 e. The molecular weight excluding hydrogens is 256 g/mol. The van der Waals surface area contributed by atoms with Crippen LogP contribution in [0.2, 0.25) is 0 Å². The van der Waals surface area contributed by atoms with Crippen molar-refractivity contribution in [1.82, 2.24) is 5.27 Å². The number of para-hydroxylation sites is 1. The van der Waals surface area contributed by atoms with Crippen molar-refractivity contribution in [3.05, 3.63) is 82.3 Å². The largest absolute Gasteiger partial charge is 0.427 e. The minimum atomic E-state index is -0.507. The Balaban J connectivity index is 2.11. The third-order valence-electron chi connectivity index (χ3n) is 2.92. The molecule has 2 aromatic carbocycles. The zero-order chi connectivity index (χ0) is 13.9. The molecule has 98 valence electrons. The molecule has 0 bridgehead atoms. The van der Waals surface area contributed by atoms with Gasteiger partial charge in [0.05, 0.1) is 5.56 Å². The number of hydrogen-bond donors (Lipinski definition) is 1. The standard InChI is InChI=1S/C15H10N2O3/c18-14-10-17(16-20-14)13-9-5-4-8-12(13)15(19)11-6-2-1-3-7-11/h1-10H/p+1. The van der Waals surface area contributed by atoms with E-state index < -0.39 is 5.63 Å². The van der Waals surface area contributed by atoms with Crippen LogP contribution in [0, 0.1) is 0 Å². The normalized spacial score (nSPS) is 10.4. The molecule has 1 heterocycles. The summed E-state index contributed by atoms with van der Waals surface area (Å²) in [5.41, 5.74) is 1.13. The number of nitrogens with one attached hydrogen (secondary N) is 1. The summed E-state index contributed by atoms with van der Waals surface area (Å²) in [6, 6.07) is 16.0. The molecule has 0 amide bonds. The van der Waals surface area contributed by atoms with Gasteiger partial charge in [0.25, 0.3) is 6.20 Å². The van der Waals surface area contributed by atoms with E-state index in [0.29, 0.717) is 16.8 Å². The van der Waals surface area contributed by atoms with E-state index in [-0.39, 0.29) is 5.78 Å². The Kier molecular flexibility index (Phi) is 3.01. The van der Waals surface area contributed by atoms with E-state index in [1.807, 2.05) is 18.2 Å². The number of carbonyl (C=O) groups excluding carboxylic acids is 1. The molecule has 0 radical (unpaired) electrons. The highest BCUT2D eigenvalue weighted by atomic mass is 16.5. The first-order valence-electron chi connectivity index (χ1n) is 6.05. The first-order valence-corrected chi connectivity index (χ1v) is 6.05. The lowest BCUT2D eigenvalue weighted by atomic mass is 10.0. The van der Waals surface area contributed by atoms with Crippen molar-refractivity contribution in [3.63, 3.8) is 0 Å². The second-order valence-electron chi connectivity index (χ2n) is 4.22. The van der Waals surface area contributed by atoms with Crippen LogP contribution in [0.4, 0.5) is 0 Å². The molecule has 0 aliphatic rings. The topological polar surface area (TPSA) is 66.9 Å². The molecule has 5 heteroatoms. The van der Waals surface area contributed by atoms with Crippen LogP contribution in [-0.4, -0.2) is 11.1 Å². The van der Waals surface area contributed by atoms with Crippen LogP contribution < -0.4 is 10.3 Å². The summed E-state index contributed by atoms with van der Waals surface area (Å²) in [5, 5.41) is 2.45. The molecule has 0 aliphatic carbocycles. The van der Waals surface area contributed by atoms with Gasteiger partial charge in [0.15, 0.2) is 5.78 Å². The van der Waals surface area contributed by atoms with Gasteiger partial charge in [-0.25, -0.2) is 4.79 Å². The van der Waals surface area contributed by atoms with Crippen LogP contribution in [0.3, 0.4) is 0 Å².